The smallest absolute Gasteiger partial charge is 0.102 e. The number of benzene rings is 1. The largest absolute Gasteiger partial charge is 0.544 e. The summed E-state index contributed by atoms with van der Waals surface area (Å²) in [5, 5.41) is 21.0. The zero-order chi connectivity index (χ0) is 14.0. The Kier molecular flexibility index (Phi) is 4.15. The monoisotopic (exact) mass is 308 g/mol. The van der Waals surface area contributed by atoms with Crippen molar-refractivity contribution in [3.8, 4) is 17.2 Å². The number of carbonyl (C=O) groups excluding carboxylic acids is 1. The van der Waals surface area contributed by atoms with Gasteiger partial charge in [0.2, 0.25) is 0 Å². The molecule has 0 saturated heterocycles. The molecule has 3 nitrogen and oxygen atoms in total. The van der Waals surface area contributed by atoms with Gasteiger partial charge in [0.15, 0.2) is 0 Å². The Balaban J connectivity index is 2.73. The Morgan fingerprint density at radius 3 is 2.53 bits per heavy atom. The van der Waals surface area contributed by atoms with E-state index in [-0.39, 0.29) is 4.88 Å². The molecule has 2 aromatic rings. The SMILES string of the molecule is CSc1sc(C(=O)[O-])c(-c2ccc(Cl)cc2)c1C#N. The van der Waals surface area contributed by atoms with Gasteiger partial charge in [-0.15, -0.1) is 23.1 Å². The minimum atomic E-state index is -1.27. The Labute approximate surface area is 123 Å². The summed E-state index contributed by atoms with van der Waals surface area (Å²) in [4.78, 5) is 11.3. The van der Waals surface area contributed by atoms with Gasteiger partial charge in [-0.2, -0.15) is 5.26 Å². The predicted molar refractivity (Wildman–Crippen MR) is 75.6 cm³/mol. The molecule has 0 radical (unpaired) electrons. The lowest BCUT2D eigenvalue weighted by Gasteiger charge is -2.05. The summed E-state index contributed by atoms with van der Waals surface area (Å²) in [7, 11) is 0. The average Bonchev–Trinajstić information content (AvgIpc) is 2.78. The van der Waals surface area contributed by atoms with E-state index in [1.54, 1.807) is 30.5 Å². The van der Waals surface area contributed by atoms with Crippen molar-refractivity contribution in [2.24, 2.45) is 0 Å². The maximum absolute atomic E-state index is 11.2. The molecule has 2 rings (SSSR count). The molecule has 0 saturated carbocycles. The fourth-order valence-electron chi connectivity index (χ4n) is 1.69. The van der Waals surface area contributed by atoms with Gasteiger partial charge < -0.3 is 9.90 Å². The van der Waals surface area contributed by atoms with Crippen LogP contribution in [-0.4, -0.2) is 12.2 Å². The highest BCUT2D eigenvalue weighted by Gasteiger charge is 2.19. The second kappa shape index (κ2) is 5.66. The first kappa shape index (κ1) is 13.9. The molecule has 1 aromatic carbocycles. The number of thioether (sulfide) groups is 1. The zero-order valence-electron chi connectivity index (χ0n) is 9.77. The molecule has 0 fully saturated rings. The maximum atomic E-state index is 11.2. The molecule has 96 valence electrons. The summed E-state index contributed by atoms with van der Waals surface area (Å²) in [6, 6.07) is 8.78. The van der Waals surface area contributed by atoms with Crippen LogP contribution in [0.1, 0.15) is 15.2 Å². The molecule has 0 aliphatic carbocycles. The van der Waals surface area contributed by atoms with Crippen LogP contribution in [0.5, 0.6) is 0 Å². The molecule has 1 aromatic heterocycles. The number of hydrogen-bond acceptors (Lipinski definition) is 5. The highest BCUT2D eigenvalue weighted by Crippen LogP contribution is 2.40. The molecule has 0 N–H and O–H groups in total. The van der Waals surface area contributed by atoms with Crippen LogP contribution in [0.2, 0.25) is 5.02 Å². The number of nitrogens with zero attached hydrogens (tertiary/aromatic N) is 1. The van der Waals surface area contributed by atoms with Crippen molar-refractivity contribution >= 4 is 40.7 Å². The highest BCUT2D eigenvalue weighted by molar-refractivity contribution is 8.00. The number of halogens is 1. The van der Waals surface area contributed by atoms with Gasteiger partial charge in [-0.1, -0.05) is 23.7 Å². The van der Waals surface area contributed by atoms with E-state index >= 15 is 0 Å². The summed E-state index contributed by atoms with van der Waals surface area (Å²) in [5.41, 5.74) is 1.43. The van der Waals surface area contributed by atoms with Gasteiger partial charge in [0, 0.05) is 10.6 Å². The first-order valence-electron chi connectivity index (χ1n) is 5.16. The van der Waals surface area contributed by atoms with Crippen LogP contribution in [0.4, 0.5) is 0 Å². The molecular weight excluding hydrogens is 302 g/mol. The van der Waals surface area contributed by atoms with Crippen molar-refractivity contribution in [2.75, 3.05) is 6.26 Å². The molecule has 0 bridgehead atoms. The third-order valence-corrected chi connectivity index (χ3v) is 5.03. The fraction of sp³-hybridized carbons (Fsp3) is 0.0769. The van der Waals surface area contributed by atoms with Crippen LogP contribution in [0, 0.1) is 11.3 Å². The zero-order valence-corrected chi connectivity index (χ0v) is 12.2. The number of rotatable bonds is 3. The van der Waals surface area contributed by atoms with Gasteiger partial charge in [0.1, 0.15) is 6.07 Å². The Bertz CT molecular complexity index is 671. The van der Waals surface area contributed by atoms with E-state index in [1.807, 2.05) is 0 Å². The van der Waals surface area contributed by atoms with Gasteiger partial charge in [0.25, 0.3) is 0 Å². The number of carboxylic acid groups (broad SMARTS) is 1. The van der Waals surface area contributed by atoms with E-state index in [1.165, 1.54) is 11.8 Å². The molecule has 0 unspecified atom stereocenters. The van der Waals surface area contributed by atoms with Gasteiger partial charge in [-0.25, -0.2) is 0 Å². The standard InChI is InChI=1S/C13H8ClNO2S2/c1-18-13-9(6-15)10(11(19-13)12(16)17)7-2-4-8(14)5-3-7/h2-5H,1H3,(H,16,17)/p-1. The Morgan fingerprint density at radius 2 is 2.05 bits per heavy atom. The highest BCUT2D eigenvalue weighted by atomic mass is 35.5. The van der Waals surface area contributed by atoms with Crippen LogP contribution in [0.25, 0.3) is 11.1 Å². The van der Waals surface area contributed by atoms with Gasteiger partial charge in [-0.05, 0) is 24.0 Å². The summed E-state index contributed by atoms with van der Waals surface area (Å²) in [6.07, 6.45) is 1.80. The normalized spacial score (nSPS) is 10.2. The Hall–Kier alpha value is -1.48. The van der Waals surface area contributed by atoms with Crippen LogP contribution < -0.4 is 5.11 Å². The number of hydrogen-bond donors (Lipinski definition) is 0. The van der Waals surface area contributed by atoms with Gasteiger partial charge in [-0.3, -0.25) is 0 Å². The third-order valence-electron chi connectivity index (χ3n) is 2.49. The van der Waals surface area contributed by atoms with Crippen molar-refractivity contribution in [2.45, 2.75) is 4.21 Å². The van der Waals surface area contributed by atoms with Crippen LogP contribution in [0.3, 0.4) is 0 Å². The molecule has 0 spiro atoms. The number of nitriles is 1. The second-order valence-corrected chi connectivity index (χ2v) is 6.11. The lowest BCUT2D eigenvalue weighted by atomic mass is 10.0. The number of aromatic carboxylic acids is 1. The van der Waals surface area contributed by atoms with Crippen LogP contribution in [0.15, 0.2) is 28.5 Å². The first-order chi connectivity index (χ1) is 9.08. The second-order valence-electron chi connectivity index (χ2n) is 3.58. The van der Waals surface area contributed by atoms with E-state index in [0.29, 0.717) is 25.9 Å². The van der Waals surface area contributed by atoms with E-state index in [9.17, 15) is 15.2 Å². The van der Waals surface area contributed by atoms with Crippen molar-refractivity contribution < 1.29 is 9.90 Å². The molecule has 1 heterocycles. The topological polar surface area (TPSA) is 63.9 Å². The van der Waals surface area contributed by atoms with E-state index in [4.69, 9.17) is 11.6 Å². The van der Waals surface area contributed by atoms with Gasteiger partial charge >= 0.3 is 0 Å². The average molecular weight is 309 g/mol. The molecule has 0 amide bonds. The summed E-state index contributed by atoms with van der Waals surface area (Å²) in [5.74, 6) is -1.27. The number of carbonyl (C=O) groups is 1. The minimum absolute atomic E-state index is 0.0724. The molecule has 0 aliphatic heterocycles. The first-order valence-corrected chi connectivity index (χ1v) is 7.58. The lowest BCUT2D eigenvalue weighted by Crippen LogP contribution is -2.21. The van der Waals surface area contributed by atoms with E-state index in [0.717, 1.165) is 11.3 Å². The van der Waals surface area contributed by atoms with Crippen LogP contribution in [-0.2, 0) is 0 Å². The van der Waals surface area contributed by atoms with Gasteiger partial charge in [0.05, 0.1) is 20.6 Å². The Morgan fingerprint density at radius 1 is 1.42 bits per heavy atom. The molecule has 0 aliphatic rings. The number of thiophene rings is 1. The fourth-order valence-corrected chi connectivity index (χ4v) is 3.59. The molecular formula is C13H7ClNO2S2-. The lowest BCUT2D eigenvalue weighted by molar-refractivity contribution is -0.254. The van der Waals surface area contributed by atoms with E-state index < -0.39 is 5.97 Å². The molecule has 6 heteroatoms. The third kappa shape index (κ3) is 2.61. The minimum Gasteiger partial charge on any atom is -0.544 e. The van der Waals surface area contributed by atoms with Crippen molar-refractivity contribution in [1.82, 2.24) is 0 Å². The predicted octanol–water partition coefficient (Wildman–Crippen LogP) is 3.03. The molecule has 19 heavy (non-hydrogen) atoms. The summed E-state index contributed by atoms with van der Waals surface area (Å²) in [6.45, 7) is 0. The summed E-state index contributed by atoms with van der Waals surface area (Å²) < 4.78 is 0.673. The van der Waals surface area contributed by atoms with Crippen molar-refractivity contribution in [3.63, 3.8) is 0 Å². The van der Waals surface area contributed by atoms with Crippen molar-refractivity contribution in [1.29, 1.82) is 5.26 Å². The number of carboxylic acids is 1. The maximum Gasteiger partial charge on any atom is 0.102 e. The summed E-state index contributed by atoms with van der Waals surface area (Å²) >= 11 is 8.22. The van der Waals surface area contributed by atoms with Crippen LogP contribution >= 0.6 is 34.7 Å². The van der Waals surface area contributed by atoms with Crippen molar-refractivity contribution in [3.05, 3.63) is 39.7 Å². The van der Waals surface area contributed by atoms with E-state index in [2.05, 4.69) is 6.07 Å². The quantitative estimate of drug-likeness (QED) is 0.818. The molecule has 0 atom stereocenters.